The first-order valence-corrected chi connectivity index (χ1v) is 10.9. The molecule has 1 unspecified atom stereocenters. The number of thiophene rings is 1. The van der Waals surface area contributed by atoms with Crippen molar-refractivity contribution < 1.29 is 14.6 Å². The van der Waals surface area contributed by atoms with Gasteiger partial charge in [-0.15, -0.1) is 35.3 Å². The van der Waals surface area contributed by atoms with Crippen LogP contribution in [0.4, 0.5) is 0 Å². The van der Waals surface area contributed by atoms with E-state index >= 15 is 0 Å². The summed E-state index contributed by atoms with van der Waals surface area (Å²) in [4.78, 5) is 5.58. The van der Waals surface area contributed by atoms with Gasteiger partial charge in [0.1, 0.15) is 5.60 Å². The van der Waals surface area contributed by atoms with Crippen molar-refractivity contribution in [3.8, 4) is 0 Å². The Morgan fingerprint density at radius 3 is 2.57 bits per heavy atom. The van der Waals surface area contributed by atoms with Gasteiger partial charge in [0.2, 0.25) is 0 Å². The van der Waals surface area contributed by atoms with Crippen molar-refractivity contribution in [2.24, 2.45) is 4.99 Å². The van der Waals surface area contributed by atoms with Crippen molar-refractivity contribution in [2.45, 2.75) is 39.5 Å². The van der Waals surface area contributed by atoms with Gasteiger partial charge in [0.25, 0.3) is 0 Å². The Morgan fingerprint density at radius 1 is 1.10 bits per heavy atom. The third-order valence-electron chi connectivity index (χ3n) is 4.25. The molecular weight excluding hydrogens is 513 g/mol. The van der Waals surface area contributed by atoms with E-state index in [1.807, 2.05) is 44.4 Å². The first kappa shape index (κ1) is 26.8. The predicted molar refractivity (Wildman–Crippen MR) is 135 cm³/mol. The summed E-state index contributed by atoms with van der Waals surface area (Å²) >= 11 is 1.55. The monoisotopic (exact) mass is 547 g/mol. The molecular formula is C22H34IN3O3S. The van der Waals surface area contributed by atoms with Crippen LogP contribution in [0.5, 0.6) is 0 Å². The molecule has 1 heterocycles. The maximum Gasteiger partial charge on any atom is 0.191 e. The van der Waals surface area contributed by atoms with Crippen LogP contribution >= 0.6 is 35.3 Å². The van der Waals surface area contributed by atoms with E-state index in [1.54, 1.807) is 11.3 Å². The molecule has 3 N–H and O–H groups in total. The Hall–Kier alpha value is -1.20. The lowest BCUT2D eigenvalue weighted by molar-refractivity contribution is 0.0453. The van der Waals surface area contributed by atoms with Gasteiger partial charge >= 0.3 is 0 Å². The largest absolute Gasteiger partial charge is 0.383 e. The normalized spacial score (nSPS) is 13.4. The molecule has 1 aromatic carbocycles. The van der Waals surface area contributed by atoms with Crippen molar-refractivity contribution in [1.82, 2.24) is 10.6 Å². The second kappa shape index (κ2) is 14.7. The van der Waals surface area contributed by atoms with Crippen LogP contribution in [0.25, 0.3) is 0 Å². The summed E-state index contributed by atoms with van der Waals surface area (Å²) in [5.41, 5.74) is 1.29. The maximum absolute atomic E-state index is 10.7. The molecule has 0 aliphatic heterocycles. The van der Waals surface area contributed by atoms with Crippen LogP contribution in [0.1, 0.15) is 36.8 Å². The van der Waals surface area contributed by atoms with Crippen LogP contribution in [0.3, 0.4) is 0 Å². The van der Waals surface area contributed by atoms with E-state index in [0.29, 0.717) is 45.5 Å². The molecule has 8 heteroatoms. The zero-order valence-electron chi connectivity index (χ0n) is 18.0. The fraction of sp³-hybridized carbons (Fsp3) is 0.500. The number of benzene rings is 1. The third kappa shape index (κ3) is 9.74. The topological polar surface area (TPSA) is 75.1 Å². The molecule has 2 aromatic rings. The number of nitrogens with zero attached hydrogens (tertiary/aromatic N) is 1. The van der Waals surface area contributed by atoms with Gasteiger partial charge < -0.3 is 25.2 Å². The first-order valence-electron chi connectivity index (χ1n) is 10.1. The van der Waals surface area contributed by atoms with Gasteiger partial charge in [0, 0.05) is 18.0 Å². The second-order valence-corrected chi connectivity index (χ2v) is 7.82. The number of aliphatic hydroxyl groups is 1. The van der Waals surface area contributed by atoms with Gasteiger partial charge in [0.15, 0.2) is 5.96 Å². The average molecular weight is 548 g/mol. The number of guanidine groups is 1. The molecule has 0 bridgehead atoms. The van der Waals surface area contributed by atoms with E-state index in [1.165, 1.54) is 0 Å². The van der Waals surface area contributed by atoms with Crippen molar-refractivity contribution in [3.05, 3.63) is 57.8 Å². The fourth-order valence-corrected chi connectivity index (χ4v) is 3.50. The number of hydrogen-bond donors (Lipinski definition) is 3. The Morgan fingerprint density at radius 2 is 1.87 bits per heavy atom. The SMILES string of the molecule is CCNC(=NCc1cccc(COCCOCC)c1)NCC(C)(O)c1cccs1.I. The van der Waals surface area contributed by atoms with Gasteiger partial charge in [-0.2, -0.15) is 0 Å². The summed E-state index contributed by atoms with van der Waals surface area (Å²) in [7, 11) is 0. The molecule has 30 heavy (non-hydrogen) atoms. The summed E-state index contributed by atoms with van der Waals surface area (Å²) in [6, 6.07) is 12.1. The van der Waals surface area contributed by atoms with Gasteiger partial charge in [0.05, 0.1) is 32.9 Å². The van der Waals surface area contributed by atoms with Gasteiger partial charge in [-0.05, 0) is 43.3 Å². The summed E-state index contributed by atoms with van der Waals surface area (Å²) in [5.74, 6) is 0.683. The smallest absolute Gasteiger partial charge is 0.191 e. The van der Waals surface area contributed by atoms with E-state index in [4.69, 9.17) is 9.47 Å². The highest BCUT2D eigenvalue weighted by Crippen LogP contribution is 2.24. The lowest BCUT2D eigenvalue weighted by Crippen LogP contribution is -2.44. The fourth-order valence-electron chi connectivity index (χ4n) is 2.71. The minimum absolute atomic E-state index is 0. The van der Waals surface area contributed by atoms with Crippen LogP contribution in [-0.4, -0.2) is 44.0 Å². The Balaban J connectivity index is 0.00000450. The quantitative estimate of drug-likeness (QED) is 0.163. The van der Waals surface area contributed by atoms with E-state index < -0.39 is 5.60 Å². The number of aliphatic imine (C=N–C) groups is 1. The van der Waals surface area contributed by atoms with Crippen molar-refractivity contribution in [3.63, 3.8) is 0 Å². The van der Waals surface area contributed by atoms with Crippen LogP contribution in [0.15, 0.2) is 46.8 Å². The number of nitrogens with one attached hydrogen (secondary N) is 2. The summed E-state index contributed by atoms with van der Waals surface area (Å²) in [5, 5.41) is 19.1. The number of halogens is 1. The minimum Gasteiger partial charge on any atom is -0.383 e. The van der Waals surface area contributed by atoms with E-state index in [0.717, 1.165) is 22.5 Å². The van der Waals surface area contributed by atoms with Crippen molar-refractivity contribution in [2.75, 3.05) is 32.9 Å². The number of rotatable bonds is 12. The van der Waals surface area contributed by atoms with Crippen LogP contribution in [0, 0.1) is 0 Å². The zero-order valence-corrected chi connectivity index (χ0v) is 21.2. The van der Waals surface area contributed by atoms with Crippen LogP contribution < -0.4 is 10.6 Å². The Labute approximate surface area is 201 Å². The average Bonchev–Trinajstić information content (AvgIpc) is 3.26. The van der Waals surface area contributed by atoms with Crippen LogP contribution in [-0.2, 0) is 28.2 Å². The molecule has 2 rings (SSSR count). The van der Waals surface area contributed by atoms with Gasteiger partial charge in [-0.25, -0.2) is 4.99 Å². The highest BCUT2D eigenvalue weighted by molar-refractivity contribution is 14.0. The standard InChI is InChI=1S/C22H33N3O3S.HI/c1-4-23-21(25-17-22(3,26)20-10-7-13-29-20)24-15-18-8-6-9-19(14-18)16-28-12-11-27-5-2;/h6-10,13-14,26H,4-5,11-12,15-17H2,1-3H3,(H2,23,24,25);1H. The second-order valence-electron chi connectivity index (χ2n) is 6.87. The molecule has 0 aliphatic rings. The van der Waals surface area contributed by atoms with E-state index in [2.05, 4.69) is 33.8 Å². The predicted octanol–water partition coefficient (Wildman–Crippen LogP) is 3.88. The first-order chi connectivity index (χ1) is 14.0. The van der Waals surface area contributed by atoms with Crippen LogP contribution in [0.2, 0.25) is 0 Å². The molecule has 0 amide bonds. The van der Waals surface area contributed by atoms with Gasteiger partial charge in [-0.1, -0.05) is 30.3 Å². The third-order valence-corrected chi connectivity index (χ3v) is 5.38. The molecule has 0 saturated carbocycles. The van der Waals surface area contributed by atoms with E-state index in [9.17, 15) is 5.11 Å². The van der Waals surface area contributed by atoms with Crippen molar-refractivity contribution in [1.29, 1.82) is 0 Å². The molecule has 6 nitrogen and oxygen atoms in total. The minimum atomic E-state index is -0.941. The van der Waals surface area contributed by atoms with E-state index in [-0.39, 0.29) is 24.0 Å². The number of hydrogen-bond acceptors (Lipinski definition) is 5. The molecule has 0 spiro atoms. The molecule has 1 atom stereocenters. The summed E-state index contributed by atoms with van der Waals surface area (Å²) in [6.45, 7) is 9.97. The lowest BCUT2D eigenvalue weighted by Gasteiger charge is -2.23. The molecule has 0 saturated heterocycles. The summed E-state index contributed by atoms with van der Waals surface area (Å²) < 4.78 is 10.9. The molecule has 0 fully saturated rings. The van der Waals surface area contributed by atoms with Crippen molar-refractivity contribution >= 4 is 41.3 Å². The maximum atomic E-state index is 10.7. The summed E-state index contributed by atoms with van der Waals surface area (Å²) in [6.07, 6.45) is 0. The molecule has 168 valence electrons. The Bertz CT molecular complexity index is 739. The molecule has 1 aromatic heterocycles. The molecule has 0 aliphatic carbocycles. The number of ether oxygens (including phenoxy) is 2. The highest BCUT2D eigenvalue weighted by atomic mass is 127. The highest BCUT2D eigenvalue weighted by Gasteiger charge is 2.24. The van der Waals surface area contributed by atoms with Gasteiger partial charge in [-0.3, -0.25) is 0 Å². The molecule has 0 radical (unpaired) electrons. The lowest BCUT2D eigenvalue weighted by atomic mass is 10.1. The zero-order chi connectivity index (χ0) is 21.0. The Kier molecular flexibility index (Phi) is 13.2.